The van der Waals surface area contributed by atoms with Crippen molar-refractivity contribution in [2.24, 2.45) is 11.0 Å². The van der Waals surface area contributed by atoms with Gasteiger partial charge in [0.15, 0.2) is 0 Å². The summed E-state index contributed by atoms with van der Waals surface area (Å²) in [4.78, 5) is 32.0. The molecule has 188 valence electrons. The van der Waals surface area contributed by atoms with Gasteiger partial charge in [0.2, 0.25) is 0 Å². The van der Waals surface area contributed by atoms with Gasteiger partial charge in [-0.05, 0) is 61.2 Å². The summed E-state index contributed by atoms with van der Waals surface area (Å²) < 4.78 is 9.18. The van der Waals surface area contributed by atoms with E-state index in [1.54, 1.807) is 18.3 Å². The van der Waals surface area contributed by atoms with Crippen LogP contribution in [0.1, 0.15) is 36.1 Å². The summed E-state index contributed by atoms with van der Waals surface area (Å²) in [5.74, 6) is 1.67. The fourth-order valence-electron chi connectivity index (χ4n) is 5.74. The zero-order valence-electron chi connectivity index (χ0n) is 20.8. The molecule has 2 aromatic heterocycles. The monoisotopic (exact) mass is 495 g/mol. The average Bonchev–Trinajstić information content (AvgIpc) is 2.90. The average molecular weight is 496 g/mol. The van der Waals surface area contributed by atoms with Crippen molar-refractivity contribution in [1.82, 2.24) is 19.1 Å². The normalized spacial score (nSPS) is 19.3. The molecule has 1 fully saturated rings. The molecule has 2 atom stereocenters. The van der Waals surface area contributed by atoms with Crippen molar-refractivity contribution in [1.29, 1.82) is 0 Å². The van der Waals surface area contributed by atoms with Crippen LogP contribution in [0.3, 0.4) is 0 Å². The highest BCUT2D eigenvalue weighted by atomic mass is 16.5. The number of para-hydroxylation sites is 1. The number of hydrogen-bond donors (Lipinski definition) is 0. The number of piperidine rings is 1. The first-order valence-electron chi connectivity index (χ1n) is 12.8. The van der Waals surface area contributed by atoms with Crippen LogP contribution in [0.2, 0.25) is 0 Å². The minimum atomic E-state index is -0.202. The van der Waals surface area contributed by atoms with E-state index in [2.05, 4.69) is 27.1 Å². The fraction of sp³-hybridized carbons (Fsp3) is 0.310. The Hall–Kier alpha value is -4.04. The standard InChI is InChI=1S/C29H29N5O3/c1-2-37-27-11-10-20(14-31-34-19-30-25-7-4-3-6-24(25)29(34)36)12-23(27)18-32-15-21-13-22(17-32)26-8-5-9-28(35)33(26)16-21/h3-12,14,19,21-22H,2,13,15-18H2,1H3/b31-14-/t21-,22+/m1/s1. The number of fused-ring (bicyclic) bond motifs is 5. The summed E-state index contributed by atoms with van der Waals surface area (Å²) in [6, 6.07) is 18.9. The van der Waals surface area contributed by atoms with Gasteiger partial charge in [-0.25, -0.2) is 4.98 Å². The Labute approximate surface area is 214 Å². The first-order chi connectivity index (χ1) is 18.1. The molecule has 0 unspecified atom stereocenters. The maximum absolute atomic E-state index is 12.8. The minimum Gasteiger partial charge on any atom is -0.494 e. The van der Waals surface area contributed by atoms with Gasteiger partial charge in [0.1, 0.15) is 12.1 Å². The van der Waals surface area contributed by atoms with E-state index in [1.807, 2.05) is 47.9 Å². The van der Waals surface area contributed by atoms with Gasteiger partial charge in [-0.15, -0.1) is 0 Å². The molecule has 0 N–H and O–H groups in total. The predicted octanol–water partition coefficient (Wildman–Crippen LogP) is 3.46. The van der Waals surface area contributed by atoms with Crippen LogP contribution in [0, 0.1) is 5.92 Å². The number of hydrogen-bond acceptors (Lipinski definition) is 6. The molecular weight excluding hydrogens is 466 g/mol. The molecule has 2 bridgehead atoms. The summed E-state index contributed by atoms with van der Waals surface area (Å²) in [7, 11) is 0. The first-order valence-corrected chi connectivity index (χ1v) is 12.8. The van der Waals surface area contributed by atoms with Crippen LogP contribution in [0.4, 0.5) is 0 Å². The number of pyridine rings is 1. The molecule has 0 radical (unpaired) electrons. The van der Waals surface area contributed by atoms with Crippen LogP contribution in [0.15, 0.2) is 81.7 Å². The second-order valence-corrected chi connectivity index (χ2v) is 9.85. The number of benzene rings is 2. The highest BCUT2D eigenvalue weighted by molar-refractivity contribution is 5.81. The summed E-state index contributed by atoms with van der Waals surface area (Å²) in [5, 5.41) is 4.94. The third kappa shape index (κ3) is 4.60. The zero-order valence-corrected chi connectivity index (χ0v) is 20.8. The molecule has 37 heavy (non-hydrogen) atoms. The molecule has 0 saturated carbocycles. The van der Waals surface area contributed by atoms with Gasteiger partial charge in [-0.2, -0.15) is 9.78 Å². The molecule has 8 heteroatoms. The maximum atomic E-state index is 12.8. The lowest BCUT2D eigenvalue weighted by atomic mass is 9.83. The van der Waals surface area contributed by atoms with Crippen molar-refractivity contribution >= 4 is 17.1 Å². The van der Waals surface area contributed by atoms with E-state index < -0.39 is 0 Å². The predicted molar refractivity (Wildman–Crippen MR) is 143 cm³/mol. The van der Waals surface area contributed by atoms with Gasteiger partial charge in [-0.1, -0.05) is 18.2 Å². The second-order valence-electron chi connectivity index (χ2n) is 9.85. The fourth-order valence-corrected chi connectivity index (χ4v) is 5.74. The van der Waals surface area contributed by atoms with E-state index in [-0.39, 0.29) is 11.1 Å². The quantitative estimate of drug-likeness (QED) is 0.383. The summed E-state index contributed by atoms with van der Waals surface area (Å²) in [6.45, 7) is 5.94. The Bertz CT molecular complexity index is 1610. The summed E-state index contributed by atoms with van der Waals surface area (Å²) >= 11 is 0. The van der Waals surface area contributed by atoms with Crippen molar-refractivity contribution in [3.05, 3.63) is 105 Å². The van der Waals surface area contributed by atoms with Crippen LogP contribution < -0.4 is 15.9 Å². The number of likely N-dealkylation sites (tertiary alicyclic amines) is 1. The minimum absolute atomic E-state index is 0.104. The van der Waals surface area contributed by atoms with Crippen LogP contribution in [-0.2, 0) is 13.1 Å². The molecule has 4 aromatic rings. The topological polar surface area (TPSA) is 81.7 Å². The smallest absolute Gasteiger partial charge is 0.281 e. The molecule has 2 aliphatic heterocycles. The SMILES string of the molecule is CCOc1ccc(/C=N\n2cnc3ccccc3c2=O)cc1CN1C[C@H]2C[C@@H](C1)c1cccc(=O)n1C2. The van der Waals surface area contributed by atoms with Crippen molar-refractivity contribution in [3.8, 4) is 5.75 Å². The molecule has 0 amide bonds. The first kappa shape index (κ1) is 23.4. The third-order valence-corrected chi connectivity index (χ3v) is 7.31. The Morgan fingerprint density at radius 1 is 1.05 bits per heavy atom. The second kappa shape index (κ2) is 9.78. The van der Waals surface area contributed by atoms with Gasteiger partial charge in [0.05, 0.1) is 23.7 Å². The van der Waals surface area contributed by atoms with Gasteiger partial charge >= 0.3 is 0 Å². The van der Waals surface area contributed by atoms with E-state index in [4.69, 9.17) is 4.74 Å². The third-order valence-electron chi connectivity index (χ3n) is 7.31. The van der Waals surface area contributed by atoms with Crippen molar-refractivity contribution in [3.63, 3.8) is 0 Å². The zero-order chi connectivity index (χ0) is 25.4. The number of ether oxygens (including phenoxy) is 1. The van der Waals surface area contributed by atoms with Crippen molar-refractivity contribution < 1.29 is 4.74 Å². The molecule has 2 aromatic carbocycles. The van der Waals surface area contributed by atoms with Crippen molar-refractivity contribution in [2.45, 2.75) is 32.4 Å². The number of aromatic nitrogens is 3. The van der Waals surface area contributed by atoms with Gasteiger partial charge in [-0.3, -0.25) is 14.5 Å². The van der Waals surface area contributed by atoms with Gasteiger partial charge < -0.3 is 9.30 Å². The van der Waals surface area contributed by atoms with E-state index in [0.717, 1.165) is 55.2 Å². The molecule has 6 rings (SSSR count). The lowest BCUT2D eigenvalue weighted by Crippen LogP contribution is -2.46. The van der Waals surface area contributed by atoms with E-state index in [9.17, 15) is 9.59 Å². The Morgan fingerprint density at radius 2 is 1.95 bits per heavy atom. The van der Waals surface area contributed by atoms with Crippen LogP contribution in [-0.4, -0.2) is 45.0 Å². The molecule has 0 aliphatic carbocycles. The Balaban J connectivity index is 1.26. The lowest BCUT2D eigenvalue weighted by molar-refractivity contribution is 0.113. The molecule has 1 saturated heterocycles. The van der Waals surface area contributed by atoms with Crippen molar-refractivity contribution in [2.75, 3.05) is 19.7 Å². The van der Waals surface area contributed by atoms with Gasteiger partial charge in [0, 0.05) is 49.4 Å². The highest BCUT2D eigenvalue weighted by Crippen LogP contribution is 2.36. The van der Waals surface area contributed by atoms with E-state index in [1.165, 1.54) is 11.0 Å². The van der Waals surface area contributed by atoms with Gasteiger partial charge in [0.25, 0.3) is 11.1 Å². The molecule has 0 spiro atoms. The van der Waals surface area contributed by atoms with Crippen LogP contribution in [0.5, 0.6) is 5.75 Å². The maximum Gasteiger partial charge on any atom is 0.281 e. The van der Waals surface area contributed by atoms with Crippen LogP contribution in [0.25, 0.3) is 10.9 Å². The molecule has 4 heterocycles. The number of rotatable bonds is 6. The molecule has 8 nitrogen and oxygen atoms in total. The molecular formula is C29H29N5O3. The summed E-state index contributed by atoms with van der Waals surface area (Å²) in [6.07, 6.45) is 4.26. The summed E-state index contributed by atoms with van der Waals surface area (Å²) in [5.41, 5.74) is 3.67. The Morgan fingerprint density at radius 3 is 2.84 bits per heavy atom. The lowest BCUT2D eigenvalue weighted by Gasteiger charge is -2.43. The largest absolute Gasteiger partial charge is 0.494 e. The highest BCUT2D eigenvalue weighted by Gasteiger charge is 2.34. The van der Waals surface area contributed by atoms with Crippen LogP contribution >= 0.6 is 0 Å². The number of nitrogens with zero attached hydrogens (tertiary/aromatic N) is 5. The van der Waals surface area contributed by atoms with E-state index >= 15 is 0 Å². The molecule has 2 aliphatic rings. The van der Waals surface area contributed by atoms with E-state index in [0.29, 0.717) is 29.3 Å². The Kier molecular flexibility index (Phi) is 6.18.